The van der Waals surface area contributed by atoms with Crippen molar-refractivity contribution < 1.29 is 9.32 Å². The fourth-order valence-electron chi connectivity index (χ4n) is 3.09. The fourth-order valence-corrected chi connectivity index (χ4v) is 3.76. The van der Waals surface area contributed by atoms with E-state index in [1.807, 2.05) is 46.7 Å². The molecule has 8 heteroatoms. The van der Waals surface area contributed by atoms with Crippen molar-refractivity contribution in [3.05, 3.63) is 58.1 Å². The van der Waals surface area contributed by atoms with Crippen LogP contribution in [0.2, 0.25) is 0 Å². The molecule has 4 rings (SSSR count). The Labute approximate surface area is 161 Å². The maximum absolute atomic E-state index is 12.7. The standard InChI is InChI=1S/C18H18N4O2S.ClH/c19-11-12-5-7-13(8-6-12)16-20-17(24-21-16)14-3-1-9-22(14)18(23)15-4-2-10-25-15;/h2,4-8,10,14H,1,3,9,11,19H2;1H. The van der Waals surface area contributed by atoms with Crippen molar-refractivity contribution in [2.75, 3.05) is 6.54 Å². The molecule has 1 saturated heterocycles. The van der Waals surface area contributed by atoms with Crippen LogP contribution >= 0.6 is 23.7 Å². The smallest absolute Gasteiger partial charge is 0.264 e. The molecule has 1 aromatic carbocycles. The van der Waals surface area contributed by atoms with E-state index >= 15 is 0 Å². The van der Waals surface area contributed by atoms with Gasteiger partial charge in [0.2, 0.25) is 11.7 Å². The number of nitrogens with two attached hydrogens (primary N) is 1. The molecule has 1 unspecified atom stereocenters. The summed E-state index contributed by atoms with van der Waals surface area (Å²) in [5.41, 5.74) is 7.55. The quantitative estimate of drug-likeness (QED) is 0.734. The summed E-state index contributed by atoms with van der Waals surface area (Å²) in [5.74, 6) is 1.07. The van der Waals surface area contributed by atoms with Crippen molar-refractivity contribution in [1.29, 1.82) is 0 Å². The number of carbonyl (C=O) groups excluding carboxylic acids is 1. The molecule has 1 aliphatic rings. The predicted octanol–water partition coefficient (Wildman–Crippen LogP) is 3.66. The zero-order valence-electron chi connectivity index (χ0n) is 14.0. The molecular formula is C18H19ClN4O2S. The number of thiophene rings is 1. The van der Waals surface area contributed by atoms with E-state index in [4.69, 9.17) is 10.3 Å². The molecule has 3 heterocycles. The Kier molecular flexibility index (Phi) is 5.70. The molecule has 2 aromatic heterocycles. The van der Waals surface area contributed by atoms with Crippen molar-refractivity contribution in [3.63, 3.8) is 0 Å². The molecule has 2 N–H and O–H groups in total. The second-order valence-electron chi connectivity index (χ2n) is 5.99. The zero-order valence-corrected chi connectivity index (χ0v) is 15.6. The molecule has 0 aliphatic carbocycles. The largest absolute Gasteiger partial charge is 0.337 e. The van der Waals surface area contributed by atoms with Crippen molar-refractivity contribution in [3.8, 4) is 11.4 Å². The Balaban J connectivity index is 0.00000196. The van der Waals surface area contributed by atoms with Gasteiger partial charge in [0.25, 0.3) is 5.91 Å². The normalized spacial score (nSPS) is 16.5. The second kappa shape index (κ2) is 7.99. The van der Waals surface area contributed by atoms with Crippen molar-refractivity contribution in [2.45, 2.75) is 25.4 Å². The summed E-state index contributed by atoms with van der Waals surface area (Å²) in [6.07, 6.45) is 1.77. The highest BCUT2D eigenvalue weighted by Gasteiger charge is 2.34. The van der Waals surface area contributed by atoms with Crippen LogP contribution in [0.3, 0.4) is 0 Å². The maximum Gasteiger partial charge on any atom is 0.264 e. The summed E-state index contributed by atoms with van der Waals surface area (Å²) in [6, 6.07) is 11.3. The van der Waals surface area contributed by atoms with E-state index < -0.39 is 0 Å². The fraction of sp³-hybridized carbons (Fsp3) is 0.278. The van der Waals surface area contributed by atoms with Crippen LogP contribution in [0.5, 0.6) is 0 Å². The number of hydrogen-bond donors (Lipinski definition) is 1. The highest BCUT2D eigenvalue weighted by Crippen LogP contribution is 2.33. The van der Waals surface area contributed by atoms with Crippen LogP contribution in [0, 0.1) is 0 Å². The lowest BCUT2D eigenvalue weighted by Crippen LogP contribution is -2.30. The van der Waals surface area contributed by atoms with Gasteiger partial charge in [0.05, 0.1) is 4.88 Å². The predicted molar refractivity (Wildman–Crippen MR) is 102 cm³/mol. The SMILES string of the molecule is Cl.NCc1ccc(-c2noc(C3CCCN3C(=O)c3cccs3)n2)cc1. The van der Waals surface area contributed by atoms with E-state index in [-0.39, 0.29) is 24.4 Å². The molecule has 136 valence electrons. The molecule has 26 heavy (non-hydrogen) atoms. The number of likely N-dealkylation sites (tertiary alicyclic amines) is 1. The molecule has 1 fully saturated rings. The van der Waals surface area contributed by atoms with Crippen LogP contribution in [-0.4, -0.2) is 27.5 Å². The first-order chi connectivity index (χ1) is 12.3. The molecule has 1 atom stereocenters. The van der Waals surface area contributed by atoms with Crippen LogP contribution in [0.4, 0.5) is 0 Å². The third-order valence-electron chi connectivity index (χ3n) is 4.42. The van der Waals surface area contributed by atoms with Gasteiger partial charge in [-0.05, 0) is 29.9 Å². The molecule has 0 spiro atoms. The lowest BCUT2D eigenvalue weighted by atomic mass is 10.1. The summed E-state index contributed by atoms with van der Waals surface area (Å²) in [7, 11) is 0. The van der Waals surface area contributed by atoms with Gasteiger partial charge in [0.15, 0.2) is 0 Å². The maximum atomic E-state index is 12.7. The summed E-state index contributed by atoms with van der Waals surface area (Å²) in [5, 5.41) is 6.00. The van der Waals surface area contributed by atoms with E-state index in [0.717, 1.165) is 28.8 Å². The minimum absolute atomic E-state index is 0. The Hall–Kier alpha value is -2.22. The van der Waals surface area contributed by atoms with Gasteiger partial charge in [-0.2, -0.15) is 4.98 Å². The van der Waals surface area contributed by atoms with E-state index in [1.54, 1.807) is 0 Å². The Bertz CT molecular complexity index is 864. The lowest BCUT2D eigenvalue weighted by molar-refractivity contribution is 0.0715. The van der Waals surface area contributed by atoms with Gasteiger partial charge in [-0.3, -0.25) is 4.79 Å². The molecular weight excluding hydrogens is 372 g/mol. The number of amides is 1. The number of halogens is 1. The van der Waals surface area contributed by atoms with E-state index in [2.05, 4.69) is 10.1 Å². The van der Waals surface area contributed by atoms with Gasteiger partial charge in [-0.25, -0.2) is 0 Å². The van der Waals surface area contributed by atoms with Crippen molar-refractivity contribution in [1.82, 2.24) is 15.0 Å². The monoisotopic (exact) mass is 390 g/mol. The molecule has 1 amide bonds. The number of carbonyl (C=O) groups is 1. The minimum atomic E-state index is -0.154. The van der Waals surface area contributed by atoms with Crippen LogP contribution in [0.15, 0.2) is 46.3 Å². The van der Waals surface area contributed by atoms with Crippen molar-refractivity contribution >= 4 is 29.7 Å². The molecule has 6 nitrogen and oxygen atoms in total. The summed E-state index contributed by atoms with van der Waals surface area (Å²) >= 11 is 1.45. The van der Waals surface area contributed by atoms with Gasteiger partial charge in [0, 0.05) is 18.7 Å². The van der Waals surface area contributed by atoms with Gasteiger partial charge < -0.3 is 15.2 Å². The number of aromatic nitrogens is 2. The second-order valence-corrected chi connectivity index (χ2v) is 6.94. The first-order valence-electron chi connectivity index (χ1n) is 8.23. The Morgan fingerprint density at radius 1 is 1.31 bits per heavy atom. The number of hydrogen-bond acceptors (Lipinski definition) is 6. The van der Waals surface area contributed by atoms with Crippen LogP contribution in [0.1, 0.15) is 40.0 Å². The number of rotatable bonds is 4. The first kappa shape index (κ1) is 18.6. The molecule has 0 saturated carbocycles. The Morgan fingerprint density at radius 2 is 2.12 bits per heavy atom. The van der Waals surface area contributed by atoms with E-state index in [1.165, 1.54) is 11.3 Å². The average molecular weight is 391 g/mol. The Morgan fingerprint density at radius 3 is 2.81 bits per heavy atom. The van der Waals surface area contributed by atoms with Crippen LogP contribution in [-0.2, 0) is 6.54 Å². The van der Waals surface area contributed by atoms with E-state index in [0.29, 0.717) is 24.8 Å². The number of benzene rings is 1. The van der Waals surface area contributed by atoms with Gasteiger partial charge in [-0.15, -0.1) is 23.7 Å². The lowest BCUT2D eigenvalue weighted by Gasteiger charge is -2.20. The average Bonchev–Trinajstić information content (AvgIpc) is 3.42. The third-order valence-corrected chi connectivity index (χ3v) is 5.28. The molecule has 3 aromatic rings. The molecule has 0 bridgehead atoms. The summed E-state index contributed by atoms with van der Waals surface area (Å²) < 4.78 is 5.48. The topological polar surface area (TPSA) is 85.2 Å². The van der Waals surface area contributed by atoms with Gasteiger partial charge in [0.1, 0.15) is 6.04 Å². The van der Waals surface area contributed by atoms with Gasteiger partial charge >= 0.3 is 0 Å². The van der Waals surface area contributed by atoms with Crippen LogP contribution in [0.25, 0.3) is 11.4 Å². The molecule has 1 aliphatic heterocycles. The van der Waals surface area contributed by atoms with Gasteiger partial charge in [-0.1, -0.05) is 35.5 Å². The van der Waals surface area contributed by atoms with Crippen LogP contribution < -0.4 is 5.73 Å². The summed E-state index contributed by atoms with van der Waals surface area (Å²) in [6.45, 7) is 1.21. The summed E-state index contributed by atoms with van der Waals surface area (Å²) in [4.78, 5) is 19.8. The number of nitrogens with zero attached hydrogens (tertiary/aromatic N) is 3. The minimum Gasteiger partial charge on any atom is -0.337 e. The zero-order chi connectivity index (χ0) is 17.2. The highest BCUT2D eigenvalue weighted by molar-refractivity contribution is 7.12. The van der Waals surface area contributed by atoms with Crippen molar-refractivity contribution in [2.24, 2.45) is 5.73 Å². The molecule has 0 radical (unpaired) electrons. The third kappa shape index (κ3) is 3.51. The van der Waals surface area contributed by atoms with E-state index in [9.17, 15) is 4.79 Å². The highest BCUT2D eigenvalue weighted by atomic mass is 35.5. The first-order valence-corrected chi connectivity index (χ1v) is 9.11.